The van der Waals surface area contributed by atoms with Crippen LogP contribution >= 0.6 is 11.3 Å². The summed E-state index contributed by atoms with van der Waals surface area (Å²) in [6.07, 6.45) is 6.07. The number of hydrogen-bond donors (Lipinski definition) is 1. The van der Waals surface area contributed by atoms with Crippen LogP contribution in [0.15, 0.2) is 12.4 Å². The summed E-state index contributed by atoms with van der Waals surface area (Å²) < 4.78 is 14.2. The first-order chi connectivity index (χ1) is 14.4. The smallest absolute Gasteiger partial charge is 0.140 e. The lowest BCUT2D eigenvalue weighted by atomic mass is 9.87. The zero-order valence-corrected chi connectivity index (χ0v) is 19.1. The minimum atomic E-state index is -1.20. The molecule has 30 heavy (non-hydrogen) atoms. The maximum Gasteiger partial charge on any atom is 0.140 e. The summed E-state index contributed by atoms with van der Waals surface area (Å²) in [7, 11) is 0. The fourth-order valence-electron chi connectivity index (χ4n) is 5.66. The Kier molecular flexibility index (Phi) is 5.71. The minimum absolute atomic E-state index is 0.435. The van der Waals surface area contributed by atoms with Gasteiger partial charge in [0.05, 0.1) is 5.39 Å². The van der Waals surface area contributed by atoms with Crippen molar-refractivity contribution in [3.63, 3.8) is 0 Å². The predicted octanol–water partition coefficient (Wildman–Crippen LogP) is 3.74. The van der Waals surface area contributed by atoms with Crippen LogP contribution in [0.2, 0.25) is 0 Å². The summed E-state index contributed by atoms with van der Waals surface area (Å²) in [5.74, 6) is 3.42. The number of nitrogens with one attached hydrogen (secondary N) is 1. The molecule has 3 aliphatic rings. The van der Waals surface area contributed by atoms with Crippen LogP contribution in [-0.4, -0.2) is 66.3 Å². The number of piperidine rings is 2. The molecule has 0 aromatic carbocycles. The Bertz CT molecular complexity index is 872. The molecule has 0 saturated carbocycles. The van der Waals surface area contributed by atoms with Gasteiger partial charge in [0, 0.05) is 37.5 Å². The number of nitrogens with zero attached hydrogens (tertiary/aromatic N) is 4. The summed E-state index contributed by atoms with van der Waals surface area (Å²) in [5, 5.41) is 4.59. The SMILES string of the molecule is CC(C)(F)Cc1cc2c(N3C[C@H]4CCN(CC5CCNCC5)C[C@H]4C3)ncnc2s1. The van der Waals surface area contributed by atoms with E-state index in [2.05, 4.69) is 31.2 Å². The lowest BCUT2D eigenvalue weighted by molar-refractivity contribution is 0.121. The van der Waals surface area contributed by atoms with E-state index in [1.54, 1.807) is 31.5 Å². The van der Waals surface area contributed by atoms with Crippen molar-refractivity contribution in [2.75, 3.05) is 50.7 Å². The Balaban J connectivity index is 1.28. The number of aromatic nitrogens is 2. The standard InChI is InChI=1S/C23H34FN5S/c1-23(2,24)10-19-9-20-21(26-15-27-22(20)30-19)29-13-17-5-8-28(12-18(17)14-29)11-16-3-6-25-7-4-16/h9,15-18,25H,3-8,10-14H2,1-2H3/t17-,18+/m1/s1. The van der Waals surface area contributed by atoms with Crippen LogP contribution in [0.1, 0.15) is 38.0 Å². The highest BCUT2D eigenvalue weighted by atomic mass is 32.1. The van der Waals surface area contributed by atoms with Crippen molar-refractivity contribution in [1.82, 2.24) is 20.2 Å². The molecule has 0 spiro atoms. The van der Waals surface area contributed by atoms with E-state index < -0.39 is 5.67 Å². The van der Waals surface area contributed by atoms with E-state index >= 15 is 0 Å². The van der Waals surface area contributed by atoms with E-state index in [4.69, 9.17) is 0 Å². The van der Waals surface area contributed by atoms with Crippen molar-refractivity contribution >= 4 is 27.4 Å². The highest BCUT2D eigenvalue weighted by Crippen LogP contribution is 2.38. The molecule has 3 fully saturated rings. The van der Waals surface area contributed by atoms with Gasteiger partial charge in [-0.1, -0.05) is 0 Å². The first-order valence-corrected chi connectivity index (χ1v) is 12.4. The fourth-order valence-corrected chi connectivity index (χ4v) is 6.86. The Morgan fingerprint density at radius 3 is 2.73 bits per heavy atom. The molecule has 7 heteroatoms. The first-order valence-electron chi connectivity index (χ1n) is 11.5. The number of halogens is 1. The molecule has 1 N–H and O–H groups in total. The summed E-state index contributed by atoms with van der Waals surface area (Å²) in [4.78, 5) is 16.4. The van der Waals surface area contributed by atoms with Gasteiger partial charge in [0.15, 0.2) is 0 Å². The summed E-state index contributed by atoms with van der Waals surface area (Å²) >= 11 is 1.61. The van der Waals surface area contributed by atoms with Crippen LogP contribution in [0.5, 0.6) is 0 Å². The van der Waals surface area contributed by atoms with Gasteiger partial charge in [-0.3, -0.25) is 0 Å². The maximum absolute atomic E-state index is 14.2. The average molecular weight is 432 g/mol. The van der Waals surface area contributed by atoms with E-state index in [-0.39, 0.29) is 0 Å². The highest BCUT2D eigenvalue weighted by molar-refractivity contribution is 7.18. The van der Waals surface area contributed by atoms with Crippen molar-refractivity contribution in [1.29, 1.82) is 0 Å². The zero-order chi connectivity index (χ0) is 20.7. The van der Waals surface area contributed by atoms with Gasteiger partial charge in [-0.2, -0.15) is 0 Å². The number of thiophene rings is 1. The largest absolute Gasteiger partial charge is 0.355 e. The molecule has 5 nitrogen and oxygen atoms in total. The third-order valence-electron chi connectivity index (χ3n) is 7.11. The Morgan fingerprint density at radius 1 is 1.13 bits per heavy atom. The number of alkyl halides is 1. The molecule has 2 aromatic rings. The van der Waals surface area contributed by atoms with Crippen LogP contribution < -0.4 is 10.2 Å². The normalized spacial score (nSPS) is 26.4. The number of anilines is 1. The van der Waals surface area contributed by atoms with Crippen molar-refractivity contribution in [3.05, 3.63) is 17.3 Å². The van der Waals surface area contributed by atoms with E-state index in [0.717, 1.165) is 51.8 Å². The molecule has 0 aliphatic carbocycles. The van der Waals surface area contributed by atoms with Gasteiger partial charge in [0.2, 0.25) is 0 Å². The molecule has 5 heterocycles. The van der Waals surface area contributed by atoms with Gasteiger partial charge in [-0.15, -0.1) is 11.3 Å². The van der Waals surface area contributed by atoms with E-state index in [1.165, 1.54) is 52.0 Å². The predicted molar refractivity (Wildman–Crippen MR) is 122 cm³/mol. The van der Waals surface area contributed by atoms with E-state index in [1.807, 2.05) is 0 Å². The Labute approximate surface area is 183 Å². The van der Waals surface area contributed by atoms with Crippen LogP contribution in [0.3, 0.4) is 0 Å². The molecule has 0 radical (unpaired) electrons. The molecular formula is C23H34FN5S. The monoisotopic (exact) mass is 431 g/mol. The number of likely N-dealkylation sites (tertiary alicyclic amines) is 1. The van der Waals surface area contributed by atoms with Gasteiger partial charge in [0.1, 0.15) is 22.6 Å². The number of fused-ring (bicyclic) bond motifs is 2. The third kappa shape index (κ3) is 4.48. The number of hydrogen-bond acceptors (Lipinski definition) is 6. The molecule has 0 bridgehead atoms. The molecule has 3 aliphatic heterocycles. The minimum Gasteiger partial charge on any atom is -0.355 e. The highest BCUT2D eigenvalue weighted by Gasteiger charge is 2.38. The van der Waals surface area contributed by atoms with Crippen LogP contribution in [0.25, 0.3) is 10.2 Å². The van der Waals surface area contributed by atoms with Crippen molar-refractivity contribution in [3.8, 4) is 0 Å². The fraction of sp³-hybridized carbons (Fsp3) is 0.739. The second kappa shape index (κ2) is 8.32. The molecule has 2 aromatic heterocycles. The average Bonchev–Trinajstić information content (AvgIpc) is 3.30. The van der Waals surface area contributed by atoms with Gasteiger partial charge >= 0.3 is 0 Å². The van der Waals surface area contributed by atoms with Crippen LogP contribution in [-0.2, 0) is 6.42 Å². The van der Waals surface area contributed by atoms with Crippen LogP contribution in [0.4, 0.5) is 10.2 Å². The molecule has 164 valence electrons. The van der Waals surface area contributed by atoms with Crippen molar-refractivity contribution < 1.29 is 4.39 Å². The lowest BCUT2D eigenvalue weighted by Gasteiger charge is -2.37. The van der Waals surface area contributed by atoms with Crippen LogP contribution in [0, 0.1) is 17.8 Å². The summed E-state index contributed by atoms with van der Waals surface area (Å²) in [5.41, 5.74) is -1.20. The van der Waals surface area contributed by atoms with Gasteiger partial charge in [-0.05, 0) is 76.6 Å². The topological polar surface area (TPSA) is 44.3 Å². The second-order valence-corrected chi connectivity index (χ2v) is 11.3. The molecule has 0 unspecified atom stereocenters. The molecular weight excluding hydrogens is 397 g/mol. The summed E-state index contributed by atoms with van der Waals surface area (Å²) in [6.45, 7) is 11.6. The van der Waals surface area contributed by atoms with Crippen molar-refractivity contribution in [2.24, 2.45) is 17.8 Å². The lowest BCUT2D eigenvalue weighted by Crippen LogP contribution is -2.43. The molecule has 2 atom stereocenters. The van der Waals surface area contributed by atoms with E-state index in [0.29, 0.717) is 6.42 Å². The maximum atomic E-state index is 14.2. The van der Waals surface area contributed by atoms with E-state index in [9.17, 15) is 4.39 Å². The third-order valence-corrected chi connectivity index (χ3v) is 8.16. The molecule has 5 rings (SSSR count). The van der Waals surface area contributed by atoms with Gasteiger partial charge < -0.3 is 15.1 Å². The zero-order valence-electron chi connectivity index (χ0n) is 18.2. The number of rotatable bonds is 5. The molecule has 3 saturated heterocycles. The summed E-state index contributed by atoms with van der Waals surface area (Å²) in [6, 6.07) is 2.13. The van der Waals surface area contributed by atoms with Crippen molar-refractivity contribution in [2.45, 2.75) is 45.2 Å². The molecule has 0 amide bonds. The second-order valence-electron chi connectivity index (χ2n) is 10.2. The quantitative estimate of drug-likeness (QED) is 0.781. The van der Waals surface area contributed by atoms with Gasteiger partial charge in [-0.25, -0.2) is 14.4 Å². The Hall–Kier alpha value is -1.31. The first kappa shape index (κ1) is 20.6. The Morgan fingerprint density at radius 2 is 1.93 bits per heavy atom. The van der Waals surface area contributed by atoms with Gasteiger partial charge in [0.25, 0.3) is 0 Å².